The number of hydrogen-bond acceptors (Lipinski definition) is 1. The van der Waals surface area contributed by atoms with Crippen molar-refractivity contribution in [2.45, 2.75) is 19.8 Å². The van der Waals surface area contributed by atoms with E-state index in [1.807, 2.05) is 6.07 Å². The van der Waals surface area contributed by atoms with Crippen LogP contribution in [0.4, 0.5) is 5.69 Å². The maximum atomic E-state index is 6.08. The van der Waals surface area contributed by atoms with E-state index in [0.717, 1.165) is 11.6 Å². The van der Waals surface area contributed by atoms with Crippen LogP contribution in [-0.2, 0) is 0 Å². The summed E-state index contributed by atoms with van der Waals surface area (Å²) in [6.07, 6.45) is 2.59. The number of fused-ring (bicyclic) bond motifs is 1. The lowest BCUT2D eigenvalue weighted by Gasteiger charge is -2.34. The van der Waals surface area contributed by atoms with Crippen LogP contribution in [-0.4, -0.2) is 13.6 Å². The van der Waals surface area contributed by atoms with Gasteiger partial charge in [0.15, 0.2) is 0 Å². The Labute approximate surface area is 102 Å². The summed E-state index contributed by atoms with van der Waals surface area (Å²) in [5.74, 6) is 0.649. The summed E-state index contributed by atoms with van der Waals surface area (Å²) in [6, 6.07) is 6.28. The van der Waals surface area contributed by atoms with E-state index in [9.17, 15) is 0 Å². The number of nitrogens with zero attached hydrogens (tertiary/aromatic N) is 1. The Morgan fingerprint density at radius 1 is 1.31 bits per heavy atom. The predicted octanol–water partition coefficient (Wildman–Crippen LogP) is 3.97. The standard InChI is InChI=1S/C14H16ClN/c1-9-8-16(2)13-7-11(15)5-6-12(13)14(9)10-3-4-10/h5-7,9H,3-4,8H2,1-2H3. The Morgan fingerprint density at radius 3 is 2.75 bits per heavy atom. The number of anilines is 1. The summed E-state index contributed by atoms with van der Waals surface area (Å²) < 4.78 is 0. The fourth-order valence-electron chi connectivity index (χ4n) is 2.79. The lowest BCUT2D eigenvalue weighted by Crippen LogP contribution is -2.30. The molecule has 1 unspecified atom stereocenters. The summed E-state index contributed by atoms with van der Waals surface area (Å²) in [7, 11) is 2.15. The first kappa shape index (κ1) is 10.2. The molecule has 1 aliphatic carbocycles. The minimum atomic E-state index is 0.649. The van der Waals surface area contributed by atoms with E-state index < -0.39 is 0 Å². The fourth-order valence-corrected chi connectivity index (χ4v) is 2.95. The van der Waals surface area contributed by atoms with Gasteiger partial charge in [0.2, 0.25) is 0 Å². The molecule has 0 N–H and O–H groups in total. The Kier molecular flexibility index (Phi) is 2.25. The van der Waals surface area contributed by atoms with Gasteiger partial charge in [-0.3, -0.25) is 0 Å². The molecule has 16 heavy (non-hydrogen) atoms. The number of benzene rings is 1. The minimum Gasteiger partial charge on any atom is -0.373 e. The monoisotopic (exact) mass is 233 g/mol. The first-order valence-corrected chi connectivity index (χ1v) is 6.27. The first-order valence-electron chi connectivity index (χ1n) is 5.90. The Bertz CT molecular complexity index is 470. The highest BCUT2D eigenvalue weighted by Crippen LogP contribution is 2.46. The maximum Gasteiger partial charge on any atom is 0.0455 e. The van der Waals surface area contributed by atoms with E-state index in [2.05, 4.69) is 31.0 Å². The second kappa shape index (κ2) is 3.53. The number of allylic oxidation sites excluding steroid dienone is 1. The van der Waals surface area contributed by atoms with Crippen LogP contribution in [0.25, 0.3) is 5.57 Å². The molecule has 84 valence electrons. The minimum absolute atomic E-state index is 0.649. The third kappa shape index (κ3) is 1.54. The summed E-state index contributed by atoms with van der Waals surface area (Å²) in [5, 5.41) is 0.834. The van der Waals surface area contributed by atoms with Crippen molar-refractivity contribution in [2.24, 2.45) is 5.92 Å². The van der Waals surface area contributed by atoms with E-state index in [0.29, 0.717) is 5.92 Å². The zero-order valence-electron chi connectivity index (χ0n) is 9.76. The van der Waals surface area contributed by atoms with Crippen LogP contribution in [0.2, 0.25) is 5.02 Å². The van der Waals surface area contributed by atoms with Crippen molar-refractivity contribution in [3.63, 3.8) is 0 Å². The zero-order valence-corrected chi connectivity index (χ0v) is 10.5. The van der Waals surface area contributed by atoms with E-state index in [1.54, 1.807) is 11.1 Å². The molecular formula is C14H16ClN. The third-order valence-corrected chi connectivity index (χ3v) is 3.82. The van der Waals surface area contributed by atoms with Crippen molar-refractivity contribution in [3.05, 3.63) is 34.4 Å². The fraction of sp³-hybridized carbons (Fsp3) is 0.429. The molecular weight excluding hydrogens is 218 g/mol. The zero-order chi connectivity index (χ0) is 11.3. The van der Waals surface area contributed by atoms with Crippen LogP contribution in [0.3, 0.4) is 0 Å². The number of hydrogen-bond donors (Lipinski definition) is 0. The highest BCUT2D eigenvalue weighted by molar-refractivity contribution is 6.31. The molecule has 1 aromatic rings. The first-order chi connectivity index (χ1) is 7.66. The molecule has 1 aromatic carbocycles. The maximum absolute atomic E-state index is 6.08. The summed E-state index contributed by atoms with van der Waals surface area (Å²) in [6.45, 7) is 3.43. The lowest BCUT2D eigenvalue weighted by atomic mass is 9.87. The smallest absolute Gasteiger partial charge is 0.0455 e. The van der Waals surface area contributed by atoms with Gasteiger partial charge in [0.25, 0.3) is 0 Å². The van der Waals surface area contributed by atoms with Crippen molar-refractivity contribution in [1.82, 2.24) is 0 Å². The molecule has 1 saturated carbocycles. The largest absolute Gasteiger partial charge is 0.373 e. The Balaban J connectivity index is 2.19. The third-order valence-electron chi connectivity index (χ3n) is 3.58. The van der Waals surface area contributed by atoms with Gasteiger partial charge in [-0.15, -0.1) is 0 Å². The van der Waals surface area contributed by atoms with Crippen LogP contribution in [0.1, 0.15) is 25.3 Å². The molecule has 0 bridgehead atoms. The Hall–Kier alpha value is -0.950. The predicted molar refractivity (Wildman–Crippen MR) is 70.0 cm³/mol. The molecule has 0 spiro atoms. The molecule has 1 nitrogen and oxygen atoms in total. The molecule has 1 heterocycles. The van der Waals surface area contributed by atoms with Gasteiger partial charge in [-0.2, -0.15) is 0 Å². The van der Waals surface area contributed by atoms with Crippen LogP contribution in [0.5, 0.6) is 0 Å². The van der Waals surface area contributed by atoms with Crippen LogP contribution in [0.15, 0.2) is 23.8 Å². The second-order valence-corrected chi connectivity index (χ2v) is 5.40. The molecule has 1 atom stereocenters. The topological polar surface area (TPSA) is 3.24 Å². The molecule has 1 fully saturated rings. The average molecular weight is 234 g/mol. The number of rotatable bonds is 0. The highest BCUT2D eigenvalue weighted by Gasteiger charge is 2.29. The molecule has 2 heteroatoms. The highest BCUT2D eigenvalue weighted by atomic mass is 35.5. The van der Waals surface area contributed by atoms with Gasteiger partial charge in [0.1, 0.15) is 0 Å². The van der Waals surface area contributed by atoms with E-state index in [4.69, 9.17) is 11.6 Å². The van der Waals surface area contributed by atoms with Gasteiger partial charge < -0.3 is 4.90 Å². The summed E-state index contributed by atoms with van der Waals surface area (Å²) >= 11 is 6.08. The quantitative estimate of drug-likeness (QED) is 0.655. The molecule has 3 rings (SSSR count). The second-order valence-electron chi connectivity index (χ2n) is 4.96. The summed E-state index contributed by atoms with van der Waals surface area (Å²) in [5.41, 5.74) is 5.94. The van der Waals surface area contributed by atoms with Crippen molar-refractivity contribution >= 4 is 22.9 Å². The normalized spacial score (nSPS) is 23.4. The number of halogens is 1. The molecule has 0 amide bonds. The molecule has 0 aromatic heterocycles. The van der Waals surface area contributed by atoms with Gasteiger partial charge >= 0.3 is 0 Å². The van der Waals surface area contributed by atoms with Gasteiger partial charge in [0.05, 0.1) is 0 Å². The molecule has 0 radical (unpaired) electrons. The van der Waals surface area contributed by atoms with Crippen LogP contribution >= 0.6 is 11.6 Å². The van der Waals surface area contributed by atoms with Crippen molar-refractivity contribution in [3.8, 4) is 0 Å². The van der Waals surface area contributed by atoms with Crippen LogP contribution < -0.4 is 4.90 Å². The van der Waals surface area contributed by atoms with Gasteiger partial charge in [-0.1, -0.05) is 30.2 Å². The van der Waals surface area contributed by atoms with Gasteiger partial charge in [-0.25, -0.2) is 0 Å². The summed E-state index contributed by atoms with van der Waals surface area (Å²) in [4.78, 5) is 2.32. The van der Waals surface area contributed by atoms with E-state index in [-0.39, 0.29) is 0 Å². The average Bonchev–Trinajstić information content (AvgIpc) is 3.03. The van der Waals surface area contributed by atoms with E-state index in [1.165, 1.54) is 24.1 Å². The SMILES string of the molecule is CC1CN(C)c2cc(Cl)ccc2C1=C1CC1. The van der Waals surface area contributed by atoms with E-state index >= 15 is 0 Å². The van der Waals surface area contributed by atoms with Crippen molar-refractivity contribution in [2.75, 3.05) is 18.5 Å². The van der Waals surface area contributed by atoms with Crippen molar-refractivity contribution in [1.29, 1.82) is 0 Å². The van der Waals surface area contributed by atoms with Gasteiger partial charge in [0, 0.05) is 29.9 Å². The van der Waals surface area contributed by atoms with Crippen molar-refractivity contribution < 1.29 is 0 Å². The molecule has 2 aliphatic rings. The van der Waals surface area contributed by atoms with Crippen LogP contribution in [0, 0.1) is 5.92 Å². The molecule has 0 saturated heterocycles. The van der Waals surface area contributed by atoms with Gasteiger partial charge in [-0.05, 0) is 36.5 Å². The Morgan fingerprint density at radius 2 is 2.06 bits per heavy atom. The molecule has 1 aliphatic heterocycles. The lowest BCUT2D eigenvalue weighted by molar-refractivity contribution is 0.700.